The molecule has 0 saturated carbocycles. The summed E-state index contributed by atoms with van der Waals surface area (Å²) < 4.78 is 29.4. The van der Waals surface area contributed by atoms with Crippen LogP contribution in [-0.4, -0.2) is 35.6 Å². The molecule has 0 fully saturated rings. The van der Waals surface area contributed by atoms with Crippen molar-refractivity contribution in [2.24, 2.45) is 13.0 Å². The van der Waals surface area contributed by atoms with Crippen LogP contribution in [0.25, 0.3) is 0 Å². The third-order valence-electron chi connectivity index (χ3n) is 4.42. The molecule has 0 saturated heterocycles. The molecule has 0 spiro atoms. The van der Waals surface area contributed by atoms with Gasteiger partial charge in [-0.05, 0) is 36.2 Å². The van der Waals surface area contributed by atoms with Gasteiger partial charge in [-0.2, -0.15) is 5.10 Å². The fraction of sp³-hybridized carbons (Fsp3) is 0.273. The van der Waals surface area contributed by atoms with Crippen molar-refractivity contribution < 1.29 is 13.2 Å². The van der Waals surface area contributed by atoms with Crippen molar-refractivity contribution in [2.45, 2.75) is 25.3 Å². The highest BCUT2D eigenvalue weighted by Gasteiger charge is 2.20. The summed E-state index contributed by atoms with van der Waals surface area (Å²) in [5.41, 5.74) is 1.70. The molecule has 1 N–H and O–H groups in total. The Kier molecular flexibility index (Phi) is 6.56. The van der Waals surface area contributed by atoms with Crippen molar-refractivity contribution in [1.29, 1.82) is 0 Å². The highest BCUT2D eigenvalue weighted by Crippen LogP contribution is 2.19. The fourth-order valence-corrected chi connectivity index (χ4v) is 4.22. The van der Waals surface area contributed by atoms with Gasteiger partial charge in [0.2, 0.25) is 0 Å². The van der Waals surface area contributed by atoms with Gasteiger partial charge in [0.05, 0.1) is 11.1 Å². The number of aryl methyl sites for hydroxylation is 1. The van der Waals surface area contributed by atoms with Crippen LogP contribution in [0.5, 0.6) is 0 Å². The molecule has 1 heterocycles. The van der Waals surface area contributed by atoms with E-state index < -0.39 is 10.0 Å². The Morgan fingerprint density at radius 2 is 1.87 bits per heavy atom. The molecule has 1 aromatic heterocycles. The molecule has 3 aromatic rings. The monoisotopic (exact) mass is 426 g/mol. The first-order chi connectivity index (χ1) is 14.2. The van der Waals surface area contributed by atoms with E-state index in [1.165, 1.54) is 12.1 Å². The predicted octanol–water partition coefficient (Wildman–Crippen LogP) is 3.52. The molecule has 0 aliphatic rings. The second-order valence-corrected chi connectivity index (χ2v) is 9.28. The first kappa shape index (κ1) is 21.6. The summed E-state index contributed by atoms with van der Waals surface area (Å²) in [6.45, 7) is 5.11. The van der Waals surface area contributed by atoms with Gasteiger partial charge in [-0.1, -0.05) is 38.1 Å². The second-order valence-electron chi connectivity index (χ2n) is 7.60. The van der Waals surface area contributed by atoms with Gasteiger partial charge in [0.1, 0.15) is 0 Å². The van der Waals surface area contributed by atoms with Crippen LogP contribution in [0.15, 0.2) is 71.9 Å². The number of sulfonamides is 1. The molecule has 30 heavy (non-hydrogen) atoms. The van der Waals surface area contributed by atoms with Crippen molar-refractivity contribution in [3.05, 3.63) is 78.1 Å². The number of carbonyl (C=O) groups is 1. The van der Waals surface area contributed by atoms with E-state index in [-0.39, 0.29) is 16.7 Å². The van der Waals surface area contributed by atoms with Crippen LogP contribution in [0.4, 0.5) is 5.69 Å². The first-order valence-corrected chi connectivity index (χ1v) is 11.2. The number of carbonyl (C=O) groups excluding carboxylic acids is 1. The van der Waals surface area contributed by atoms with Crippen molar-refractivity contribution >= 4 is 21.6 Å². The Labute approximate surface area is 177 Å². The number of benzene rings is 2. The Hall–Kier alpha value is -3.13. The molecule has 0 bridgehead atoms. The minimum Gasteiger partial charge on any atom is -0.334 e. The summed E-state index contributed by atoms with van der Waals surface area (Å²) >= 11 is 0. The van der Waals surface area contributed by atoms with Gasteiger partial charge in [0.25, 0.3) is 15.9 Å². The molecular formula is C22H26N4O3S. The summed E-state index contributed by atoms with van der Waals surface area (Å²) in [5.74, 6) is 0.124. The third-order valence-corrected chi connectivity index (χ3v) is 5.82. The van der Waals surface area contributed by atoms with Crippen molar-refractivity contribution in [2.75, 3.05) is 11.3 Å². The van der Waals surface area contributed by atoms with Crippen LogP contribution in [0.2, 0.25) is 0 Å². The molecule has 0 atom stereocenters. The molecule has 3 rings (SSSR count). The molecule has 0 unspecified atom stereocenters. The van der Waals surface area contributed by atoms with E-state index in [9.17, 15) is 13.2 Å². The number of rotatable bonds is 8. The predicted molar refractivity (Wildman–Crippen MR) is 116 cm³/mol. The van der Waals surface area contributed by atoms with Crippen molar-refractivity contribution in [1.82, 2.24) is 14.7 Å². The molecule has 0 radical (unpaired) electrons. The van der Waals surface area contributed by atoms with Gasteiger partial charge >= 0.3 is 0 Å². The van der Waals surface area contributed by atoms with Gasteiger partial charge in [0, 0.05) is 43.1 Å². The molecule has 8 heteroatoms. The summed E-state index contributed by atoms with van der Waals surface area (Å²) in [7, 11) is -1.89. The number of aromatic nitrogens is 2. The van der Waals surface area contributed by atoms with Gasteiger partial charge in [0.15, 0.2) is 0 Å². The van der Waals surface area contributed by atoms with E-state index in [4.69, 9.17) is 0 Å². The average molecular weight is 427 g/mol. The molecular weight excluding hydrogens is 400 g/mol. The highest BCUT2D eigenvalue weighted by atomic mass is 32.2. The standard InChI is InChI=1S/C22H26N4O3S/c1-17(2)14-26(16-18-13-23-25(3)15-18)22(27)19-8-7-9-20(12-19)24-30(28,29)21-10-5-4-6-11-21/h4-13,15,17,24H,14,16H2,1-3H3. The average Bonchev–Trinajstić information content (AvgIpc) is 3.12. The quantitative estimate of drug-likeness (QED) is 0.597. The minimum absolute atomic E-state index is 0.159. The lowest BCUT2D eigenvalue weighted by molar-refractivity contribution is 0.0722. The Bertz CT molecular complexity index is 1110. The van der Waals surface area contributed by atoms with Crippen LogP contribution >= 0.6 is 0 Å². The lowest BCUT2D eigenvalue weighted by Gasteiger charge is -2.24. The summed E-state index contributed by atoms with van der Waals surface area (Å²) in [6, 6.07) is 14.7. The Balaban J connectivity index is 1.82. The zero-order valence-corrected chi connectivity index (χ0v) is 18.1. The second kappa shape index (κ2) is 9.13. The van der Waals surface area contributed by atoms with Gasteiger partial charge in [-0.3, -0.25) is 14.2 Å². The largest absolute Gasteiger partial charge is 0.334 e. The molecule has 7 nitrogen and oxygen atoms in total. The fourth-order valence-electron chi connectivity index (χ4n) is 3.15. The van der Waals surface area contributed by atoms with Crippen molar-refractivity contribution in [3.63, 3.8) is 0 Å². The zero-order chi connectivity index (χ0) is 21.7. The van der Waals surface area contributed by atoms with E-state index in [1.807, 2.05) is 27.1 Å². The van der Waals surface area contributed by atoms with Crippen molar-refractivity contribution in [3.8, 4) is 0 Å². The van der Waals surface area contributed by atoms with Gasteiger partial charge in [-0.15, -0.1) is 0 Å². The number of nitrogens with zero attached hydrogens (tertiary/aromatic N) is 3. The number of nitrogens with one attached hydrogen (secondary N) is 1. The van der Waals surface area contributed by atoms with Crippen LogP contribution in [0, 0.1) is 5.92 Å². The van der Waals surface area contributed by atoms with Crippen LogP contribution < -0.4 is 4.72 Å². The van der Waals surface area contributed by atoms with E-state index in [0.717, 1.165) is 5.56 Å². The normalized spacial score (nSPS) is 11.5. The molecule has 2 aromatic carbocycles. The maximum absolute atomic E-state index is 13.2. The molecule has 0 aliphatic carbocycles. The maximum atomic E-state index is 13.2. The topological polar surface area (TPSA) is 84.3 Å². The first-order valence-electron chi connectivity index (χ1n) is 9.69. The smallest absolute Gasteiger partial charge is 0.261 e. The summed E-state index contributed by atoms with van der Waals surface area (Å²) in [4.78, 5) is 15.1. The lowest BCUT2D eigenvalue weighted by atomic mass is 10.1. The number of hydrogen-bond donors (Lipinski definition) is 1. The molecule has 0 aliphatic heterocycles. The SMILES string of the molecule is CC(C)CN(Cc1cnn(C)c1)C(=O)c1cccc(NS(=O)(=O)c2ccccc2)c1. The summed E-state index contributed by atoms with van der Waals surface area (Å²) in [6.07, 6.45) is 3.62. The molecule has 158 valence electrons. The Morgan fingerprint density at radius 1 is 1.13 bits per heavy atom. The van der Waals surface area contributed by atoms with Gasteiger partial charge in [-0.25, -0.2) is 8.42 Å². The summed E-state index contributed by atoms with van der Waals surface area (Å²) in [5, 5.41) is 4.17. The minimum atomic E-state index is -3.73. The lowest BCUT2D eigenvalue weighted by Crippen LogP contribution is -2.33. The number of amides is 1. The van der Waals surface area contributed by atoms with Gasteiger partial charge < -0.3 is 4.90 Å². The van der Waals surface area contributed by atoms with Crippen LogP contribution in [-0.2, 0) is 23.6 Å². The number of anilines is 1. The molecule has 1 amide bonds. The Morgan fingerprint density at radius 3 is 2.50 bits per heavy atom. The maximum Gasteiger partial charge on any atom is 0.261 e. The zero-order valence-electron chi connectivity index (χ0n) is 17.3. The third kappa shape index (κ3) is 5.48. The van der Waals surface area contributed by atoms with E-state index in [2.05, 4.69) is 9.82 Å². The number of hydrogen-bond acceptors (Lipinski definition) is 4. The van der Waals surface area contributed by atoms with Crippen LogP contribution in [0.1, 0.15) is 29.8 Å². The van der Waals surface area contributed by atoms with E-state index >= 15 is 0 Å². The van der Waals surface area contributed by atoms with E-state index in [0.29, 0.717) is 24.3 Å². The van der Waals surface area contributed by atoms with E-state index in [1.54, 1.807) is 58.2 Å². The van der Waals surface area contributed by atoms with Crippen LogP contribution in [0.3, 0.4) is 0 Å². The highest BCUT2D eigenvalue weighted by molar-refractivity contribution is 7.92.